The van der Waals surface area contributed by atoms with Crippen molar-refractivity contribution in [2.45, 2.75) is 77.4 Å². The summed E-state index contributed by atoms with van der Waals surface area (Å²) in [6.45, 7) is 8.96. The van der Waals surface area contributed by atoms with Crippen LogP contribution in [0.25, 0.3) is 11.3 Å². The molecule has 0 saturated carbocycles. The van der Waals surface area contributed by atoms with Crippen molar-refractivity contribution in [2.24, 2.45) is 7.05 Å². The lowest BCUT2D eigenvalue weighted by atomic mass is 9.93. The lowest BCUT2D eigenvalue weighted by Crippen LogP contribution is -2.65. The van der Waals surface area contributed by atoms with E-state index in [1.807, 2.05) is 42.1 Å². The average molecular weight is 616 g/mol. The highest BCUT2D eigenvalue weighted by atomic mass is 16.8. The van der Waals surface area contributed by atoms with Crippen LogP contribution >= 0.6 is 0 Å². The first-order chi connectivity index (χ1) is 21.3. The van der Waals surface area contributed by atoms with Crippen LogP contribution in [0.4, 0.5) is 4.79 Å². The van der Waals surface area contributed by atoms with E-state index in [4.69, 9.17) is 14.3 Å². The van der Waals surface area contributed by atoms with Crippen LogP contribution in [0.3, 0.4) is 0 Å². The van der Waals surface area contributed by atoms with Gasteiger partial charge in [0.1, 0.15) is 11.6 Å². The van der Waals surface area contributed by atoms with Crippen LogP contribution in [0, 0.1) is 11.8 Å². The smallest absolute Gasteiger partial charge is 0.408 e. The van der Waals surface area contributed by atoms with Crippen molar-refractivity contribution in [3.63, 3.8) is 0 Å². The number of carbonyl (C=O) groups excluding carboxylic acids is 3. The van der Waals surface area contributed by atoms with Gasteiger partial charge in [0.2, 0.25) is 0 Å². The molecule has 0 bridgehead atoms. The number of ether oxygens (including phenoxy) is 2. The lowest BCUT2D eigenvalue weighted by Gasteiger charge is -2.35. The maximum Gasteiger partial charge on any atom is 0.408 e. The largest absolute Gasteiger partial charge is 0.444 e. The van der Waals surface area contributed by atoms with Crippen molar-refractivity contribution < 1.29 is 28.7 Å². The first-order valence-electron chi connectivity index (χ1n) is 14.9. The van der Waals surface area contributed by atoms with Crippen LogP contribution in [-0.2, 0) is 26.2 Å². The van der Waals surface area contributed by atoms with Crippen LogP contribution in [0.15, 0.2) is 60.8 Å². The van der Waals surface area contributed by atoms with Gasteiger partial charge in [0, 0.05) is 43.0 Å². The molecule has 1 fully saturated rings. The van der Waals surface area contributed by atoms with Crippen molar-refractivity contribution in [3.8, 4) is 23.1 Å². The number of hydrogen-bond acceptors (Lipinski definition) is 7. The normalized spacial score (nSPS) is 15.6. The highest BCUT2D eigenvalue weighted by Gasteiger charge is 2.39. The number of benzene rings is 2. The fourth-order valence-electron chi connectivity index (χ4n) is 4.64. The van der Waals surface area contributed by atoms with Gasteiger partial charge in [-0.15, -0.1) is 0 Å². The third-order valence-electron chi connectivity index (χ3n) is 7.01. The number of alkyl carbamates (subject to hydrolysis) is 1. The van der Waals surface area contributed by atoms with E-state index >= 15 is 0 Å². The van der Waals surface area contributed by atoms with Gasteiger partial charge in [0.25, 0.3) is 11.8 Å². The van der Waals surface area contributed by atoms with E-state index in [-0.39, 0.29) is 0 Å². The summed E-state index contributed by atoms with van der Waals surface area (Å²) in [6.07, 6.45) is 2.89. The first kappa shape index (κ1) is 33.2. The van der Waals surface area contributed by atoms with E-state index in [9.17, 15) is 14.4 Å². The molecule has 3 aromatic rings. The summed E-state index contributed by atoms with van der Waals surface area (Å²) in [5.41, 5.74) is 4.30. The molecule has 1 saturated heterocycles. The molecule has 0 radical (unpaired) electrons. The molecule has 238 valence electrons. The van der Waals surface area contributed by atoms with Crippen LogP contribution in [-0.4, -0.2) is 57.8 Å². The number of carbonyl (C=O) groups is 3. The Kier molecular flexibility index (Phi) is 10.6. The SMILES string of the molecule is Cn1nccc1-c1ccc(C#Cc2ccc(C(=O)N[C@H](C(=O)NO[C@H]3CCCCO3)C(C)(C)NC(=O)OC(C)(C)C)cc2)cc1. The third kappa shape index (κ3) is 9.66. The fraction of sp³-hybridized carbons (Fsp3) is 0.412. The molecule has 0 spiro atoms. The van der Waals surface area contributed by atoms with Crippen molar-refractivity contribution in [1.29, 1.82) is 0 Å². The van der Waals surface area contributed by atoms with E-state index in [2.05, 4.69) is 33.1 Å². The predicted octanol–water partition coefficient (Wildman–Crippen LogP) is 4.46. The molecule has 4 rings (SSSR count). The zero-order valence-corrected chi connectivity index (χ0v) is 26.6. The Morgan fingerprint density at radius 1 is 0.956 bits per heavy atom. The molecular weight excluding hydrogens is 574 g/mol. The number of amides is 3. The zero-order chi connectivity index (χ0) is 32.6. The third-order valence-corrected chi connectivity index (χ3v) is 7.01. The second-order valence-corrected chi connectivity index (χ2v) is 12.4. The van der Waals surface area contributed by atoms with Gasteiger partial charge >= 0.3 is 6.09 Å². The van der Waals surface area contributed by atoms with Crippen LogP contribution in [0.5, 0.6) is 0 Å². The number of aromatic nitrogens is 2. The van der Waals surface area contributed by atoms with Crippen LogP contribution < -0.4 is 16.1 Å². The first-order valence-corrected chi connectivity index (χ1v) is 14.9. The Morgan fingerprint density at radius 3 is 2.16 bits per heavy atom. The Balaban J connectivity index is 1.44. The second-order valence-electron chi connectivity index (χ2n) is 12.4. The summed E-state index contributed by atoms with van der Waals surface area (Å²) >= 11 is 0. The minimum atomic E-state index is -1.27. The Bertz CT molecular complexity index is 1540. The molecule has 11 nitrogen and oxygen atoms in total. The molecule has 3 N–H and O–H groups in total. The van der Waals surface area contributed by atoms with Gasteiger partial charge in [0.15, 0.2) is 6.29 Å². The second kappa shape index (κ2) is 14.4. The fourth-order valence-corrected chi connectivity index (χ4v) is 4.64. The molecule has 0 aliphatic carbocycles. The van der Waals surface area contributed by atoms with Gasteiger partial charge in [0.05, 0.1) is 11.2 Å². The molecule has 1 aliphatic rings. The minimum absolute atomic E-state index is 0.309. The van der Waals surface area contributed by atoms with Gasteiger partial charge in [-0.05, 0) is 95.5 Å². The highest BCUT2D eigenvalue weighted by molar-refractivity contribution is 5.98. The van der Waals surface area contributed by atoms with Gasteiger partial charge in [-0.3, -0.25) is 14.3 Å². The lowest BCUT2D eigenvalue weighted by molar-refractivity contribution is -0.201. The summed E-state index contributed by atoms with van der Waals surface area (Å²) < 4.78 is 12.7. The van der Waals surface area contributed by atoms with E-state index in [1.54, 1.807) is 65.1 Å². The zero-order valence-electron chi connectivity index (χ0n) is 26.6. The van der Waals surface area contributed by atoms with Crippen molar-refractivity contribution >= 4 is 17.9 Å². The van der Waals surface area contributed by atoms with E-state index in [1.165, 1.54) is 0 Å². The molecule has 45 heavy (non-hydrogen) atoms. The number of aryl methyl sites for hydroxylation is 1. The monoisotopic (exact) mass is 615 g/mol. The number of rotatable bonds is 8. The van der Waals surface area contributed by atoms with Gasteiger partial charge < -0.3 is 20.1 Å². The Labute approximate surface area is 264 Å². The summed E-state index contributed by atoms with van der Waals surface area (Å²) in [5, 5.41) is 9.65. The Hall–Kier alpha value is -4.66. The molecule has 11 heteroatoms. The summed E-state index contributed by atoms with van der Waals surface area (Å²) in [5.74, 6) is 5.07. The maximum atomic E-state index is 13.3. The molecule has 2 aromatic carbocycles. The molecule has 1 aliphatic heterocycles. The summed E-state index contributed by atoms with van der Waals surface area (Å²) in [4.78, 5) is 44.7. The van der Waals surface area contributed by atoms with E-state index in [0.717, 1.165) is 29.7 Å². The summed E-state index contributed by atoms with van der Waals surface area (Å²) in [7, 11) is 1.89. The topological polar surface area (TPSA) is 133 Å². The van der Waals surface area contributed by atoms with Gasteiger partial charge in [-0.25, -0.2) is 15.1 Å². The number of nitrogens with zero attached hydrogens (tertiary/aromatic N) is 2. The van der Waals surface area contributed by atoms with Crippen LogP contribution in [0.2, 0.25) is 0 Å². The molecule has 1 aromatic heterocycles. The standard InChI is InChI=1S/C34H41N5O6/c1-33(2,3)44-32(42)37-34(4,5)29(31(41)38-45-28-9-7-8-22-43-28)36-30(40)26-18-14-24(15-19-26)11-10-23-12-16-25(17-13-23)27-20-21-35-39(27)6/h12-21,28-29H,7-9,22H2,1-6H3,(H,36,40)(H,37,42)(H,38,41)/t28-,29+/m0/s1. The van der Waals surface area contributed by atoms with Gasteiger partial charge in [-0.1, -0.05) is 24.0 Å². The Morgan fingerprint density at radius 2 is 1.60 bits per heavy atom. The predicted molar refractivity (Wildman–Crippen MR) is 169 cm³/mol. The van der Waals surface area contributed by atoms with Crippen molar-refractivity contribution in [3.05, 3.63) is 77.5 Å². The number of hydroxylamine groups is 1. The molecule has 3 amide bonds. The van der Waals surface area contributed by atoms with Crippen molar-refractivity contribution in [2.75, 3.05) is 6.61 Å². The quantitative estimate of drug-likeness (QED) is 0.252. The minimum Gasteiger partial charge on any atom is -0.444 e. The van der Waals surface area contributed by atoms with E-state index in [0.29, 0.717) is 24.2 Å². The average Bonchev–Trinajstić information content (AvgIpc) is 3.42. The maximum absolute atomic E-state index is 13.3. The highest BCUT2D eigenvalue weighted by Crippen LogP contribution is 2.19. The molecule has 2 heterocycles. The molecule has 0 unspecified atom stereocenters. The van der Waals surface area contributed by atoms with Gasteiger partial charge in [-0.2, -0.15) is 5.10 Å². The molecule has 2 atom stereocenters. The van der Waals surface area contributed by atoms with Crippen molar-refractivity contribution in [1.82, 2.24) is 25.9 Å². The van der Waals surface area contributed by atoms with Crippen LogP contribution in [0.1, 0.15) is 75.4 Å². The van der Waals surface area contributed by atoms with E-state index < -0.39 is 41.4 Å². The molecular formula is C34H41N5O6. The number of hydrogen-bond donors (Lipinski definition) is 3. The number of nitrogens with one attached hydrogen (secondary N) is 3. The summed E-state index contributed by atoms with van der Waals surface area (Å²) in [6, 6.07) is 15.3.